The van der Waals surface area contributed by atoms with E-state index in [9.17, 15) is 14.4 Å². The summed E-state index contributed by atoms with van der Waals surface area (Å²) in [5.41, 5.74) is -0.202. The molecule has 0 bridgehead atoms. The number of carbonyl (C=O) groups is 2. The molecule has 0 aliphatic rings. The van der Waals surface area contributed by atoms with Gasteiger partial charge in [-0.15, -0.1) is 0 Å². The lowest BCUT2D eigenvalue weighted by molar-refractivity contribution is -0.123. The first-order valence-electron chi connectivity index (χ1n) is 8.31. The van der Waals surface area contributed by atoms with E-state index in [1.54, 1.807) is 24.3 Å². The fraction of sp³-hybridized carbons (Fsp3) is 0.158. The molecule has 7 nitrogen and oxygen atoms in total. The van der Waals surface area contributed by atoms with Gasteiger partial charge in [-0.05, 0) is 25.1 Å². The van der Waals surface area contributed by atoms with Gasteiger partial charge in [-0.25, -0.2) is 9.48 Å². The number of ether oxygens (including phenoxy) is 1. The molecule has 0 aliphatic heterocycles. The third kappa shape index (κ3) is 4.37. The van der Waals surface area contributed by atoms with E-state index in [4.69, 9.17) is 39.5 Å². The van der Waals surface area contributed by atoms with Gasteiger partial charge in [0.1, 0.15) is 0 Å². The van der Waals surface area contributed by atoms with Crippen molar-refractivity contribution in [2.75, 3.05) is 5.32 Å². The maximum atomic E-state index is 12.6. The zero-order valence-corrected chi connectivity index (χ0v) is 17.5. The maximum Gasteiger partial charge on any atom is 0.360 e. The normalized spacial score (nSPS) is 11.9. The summed E-state index contributed by atoms with van der Waals surface area (Å²) in [7, 11) is 1.42. The Bertz CT molecular complexity index is 1190. The largest absolute Gasteiger partial charge is 0.448 e. The van der Waals surface area contributed by atoms with E-state index in [1.807, 2.05) is 0 Å². The fourth-order valence-electron chi connectivity index (χ4n) is 2.57. The van der Waals surface area contributed by atoms with Gasteiger partial charge in [-0.2, -0.15) is 5.10 Å². The SMILES string of the molecule is CC(OC(=O)c1nn(C)c(=O)c2ccccc12)C(=O)Nc1cc(Cl)c(Cl)cc1Cl. The Morgan fingerprint density at radius 2 is 1.69 bits per heavy atom. The number of benzene rings is 2. The summed E-state index contributed by atoms with van der Waals surface area (Å²) in [5, 5.41) is 7.77. The van der Waals surface area contributed by atoms with Crippen molar-refractivity contribution in [2.45, 2.75) is 13.0 Å². The van der Waals surface area contributed by atoms with Crippen molar-refractivity contribution >= 4 is 63.1 Å². The number of amides is 1. The molecule has 0 radical (unpaired) electrons. The summed E-state index contributed by atoms with van der Waals surface area (Å²) in [6.07, 6.45) is -1.18. The van der Waals surface area contributed by atoms with Crippen LogP contribution in [0.1, 0.15) is 17.4 Å². The summed E-state index contributed by atoms with van der Waals surface area (Å²) in [4.78, 5) is 37.2. The van der Waals surface area contributed by atoms with E-state index >= 15 is 0 Å². The summed E-state index contributed by atoms with van der Waals surface area (Å²) in [6, 6.07) is 9.29. The van der Waals surface area contributed by atoms with Gasteiger partial charge in [-0.3, -0.25) is 9.59 Å². The number of esters is 1. The van der Waals surface area contributed by atoms with Gasteiger partial charge in [-0.1, -0.05) is 53.0 Å². The molecule has 0 fully saturated rings. The van der Waals surface area contributed by atoms with E-state index in [0.29, 0.717) is 10.8 Å². The number of carbonyl (C=O) groups excluding carboxylic acids is 2. The minimum Gasteiger partial charge on any atom is -0.448 e. The number of aromatic nitrogens is 2. The molecular formula is C19H14Cl3N3O4. The lowest BCUT2D eigenvalue weighted by atomic mass is 10.1. The second-order valence-corrected chi connectivity index (χ2v) is 7.33. The van der Waals surface area contributed by atoms with Crippen molar-refractivity contribution in [1.29, 1.82) is 0 Å². The molecule has 0 spiro atoms. The molecule has 1 atom stereocenters. The third-order valence-corrected chi connectivity index (χ3v) is 5.11. The highest BCUT2D eigenvalue weighted by Gasteiger charge is 2.23. The quantitative estimate of drug-likeness (QED) is 0.474. The van der Waals surface area contributed by atoms with E-state index < -0.39 is 18.0 Å². The molecule has 1 unspecified atom stereocenters. The van der Waals surface area contributed by atoms with Crippen LogP contribution < -0.4 is 10.9 Å². The average Bonchev–Trinajstić information content (AvgIpc) is 2.68. The van der Waals surface area contributed by atoms with Crippen molar-refractivity contribution in [3.05, 3.63) is 67.5 Å². The molecule has 0 saturated heterocycles. The Kier molecular flexibility index (Phi) is 6.12. The van der Waals surface area contributed by atoms with Crippen LogP contribution >= 0.6 is 34.8 Å². The van der Waals surface area contributed by atoms with Crippen molar-refractivity contribution < 1.29 is 14.3 Å². The first-order valence-corrected chi connectivity index (χ1v) is 9.45. The number of rotatable bonds is 4. The number of nitrogens with one attached hydrogen (secondary N) is 1. The van der Waals surface area contributed by atoms with Crippen LogP contribution in [0.15, 0.2) is 41.2 Å². The first kappa shape index (κ1) is 21.1. The number of anilines is 1. The summed E-state index contributed by atoms with van der Waals surface area (Å²) >= 11 is 17.8. The Morgan fingerprint density at radius 3 is 2.38 bits per heavy atom. The maximum absolute atomic E-state index is 12.6. The summed E-state index contributed by atoms with van der Waals surface area (Å²) < 4.78 is 6.28. The Balaban J connectivity index is 1.82. The van der Waals surface area contributed by atoms with E-state index in [0.717, 1.165) is 4.68 Å². The Hall–Kier alpha value is -2.61. The van der Waals surface area contributed by atoms with Crippen LogP contribution in [0.25, 0.3) is 10.8 Å². The van der Waals surface area contributed by atoms with Crippen LogP contribution in [0, 0.1) is 0 Å². The van der Waals surface area contributed by atoms with Gasteiger partial charge < -0.3 is 10.1 Å². The second kappa shape index (κ2) is 8.41. The van der Waals surface area contributed by atoms with Gasteiger partial charge in [0.25, 0.3) is 11.5 Å². The number of aryl methyl sites for hydroxylation is 1. The lowest BCUT2D eigenvalue weighted by Gasteiger charge is -2.15. The van der Waals surface area contributed by atoms with E-state index in [1.165, 1.54) is 26.1 Å². The molecule has 3 rings (SSSR count). The highest BCUT2D eigenvalue weighted by atomic mass is 35.5. The topological polar surface area (TPSA) is 90.3 Å². The fourth-order valence-corrected chi connectivity index (χ4v) is 3.17. The zero-order valence-electron chi connectivity index (χ0n) is 15.2. The number of hydrogen-bond acceptors (Lipinski definition) is 5. The predicted molar refractivity (Wildman–Crippen MR) is 112 cm³/mol. The minimum absolute atomic E-state index is 0.0741. The molecular weight excluding hydrogens is 441 g/mol. The second-order valence-electron chi connectivity index (χ2n) is 6.11. The highest BCUT2D eigenvalue weighted by molar-refractivity contribution is 6.44. The van der Waals surface area contributed by atoms with Gasteiger partial charge in [0.15, 0.2) is 11.8 Å². The molecule has 3 aromatic rings. The van der Waals surface area contributed by atoms with Crippen molar-refractivity contribution in [2.24, 2.45) is 7.05 Å². The van der Waals surface area contributed by atoms with E-state index in [-0.39, 0.29) is 32.0 Å². The van der Waals surface area contributed by atoms with Crippen molar-refractivity contribution in [3.8, 4) is 0 Å². The van der Waals surface area contributed by atoms with Gasteiger partial charge in [0.05, 0.1) is 26.1 Å². The van der Waals surface area contributed by atoms with Gasteiger partial charge in [0, 0.05) is 12.4 Å². The lowest BCUT2D eigenvalue weighted by Crippen LogP contribution is -2.31. The predicted octanol–water partition coefficient (Wildman–Crippen LogP) is 4.08. The average molecular weight is 455 g/mol. The van der Waals surface area contributed by atoms with Crippen molar-refractivity contribution in [3.63, 3.8) is 0 Å². The number of fused-ring (bicyclic) bond motifs is 1. The number of halogens is 3. The molecule has 29 heavy (non-hydrogen) atoms. The van der Waals surface area contributed by atoms with E-state index in [2.05, 4.69) is 10.4 Å². The third-order valence-electron chi connectivity index (χ3n) is 4.07. The molecule has 1 N–H and O–H groups in total. The number of nitrogens with zero attached hydrogens (tertiary/aromatic N) is 2. The molecule has 0 aliphatic carbocycles. The van der Waals surface area contributed by atoms with Crippen LogP contribution in [0.4, 0.5) is 5.69 Å². The molecule has 1 amide bonds. The Labute approximate surface area is 180 Å². The summed E-state index contributed by atoms with van der Waals surface area (Å²) in [6.45, 7) is 1.39. The van der Waals surface area contributed by atoms with Crippen LogP contribution in [0.3, 0.4) is 0 Å². The molecule has 1 aromatic heterocycles. The van der Waals surface area contributed by atoms with Crippen LogP contribution in [0.2, 0.25) is 15.1 Å². The Morgan fingerprint density at radius 1 is 1.07 bits per heavy atom. The standard InChI is InChI=1S/C19H14Cl3N3O4/c1-9(17(26)23-15-8-13(21)12(20)7-14(15)22)29-19(28)16-10-5-3-4-6-11(10)18(27)25(2)24-16/h3-9H,1-2H3,(H,23,26). The zero-order chi connectivity index (χ0) is 21.3. The van der Waals surface area contributed by atoms with Crippen LogP contribution in [0.5, 0.6) is 0 Å². The minimum atomic E-state index is -1.18. The monoisotopic (exact) mass is 453 g/mol. The first-order chi connectivity index (χ1) is 13.7. The van der Waals surface area contributed by atoms with Gasteiger partial charge >= 0.3 is 5.97 Å². The smallest absolute Gasteiger partial charge is 0.360 e. The molecule has 150 valence electrons. The highest BCUT2D eigenvalue weighted by Crippen LogP contribution is 2.32. The molecule has 2 aromatic carbocycles. The molecule has 10 heteroatoms. The van der Waals surface area contributed by atoms with Gasteiger partial charge in [0.2, 0.25) is 0 Å². The molecule has 1 heterocycles. The van der Waals surface area contributed by atoms with Crippen LogP contribution in [-0.4, -0.2) is 27.8 Å². The molecule has 0 saturated carbocycles. The van der Waals surface area contributed by atoms with Crippen molar-refractivity contribution in [1.82, 2.24) is 9.78 Å². The van der Waals surface area contributed by atoms with Crippen LogP contribution in [-0.2, 0) is 16.6 Å². The number of hydrogen-bond donors (Lipinski definition) is 1. The summed E-state index contributed by atoms with van der Waals surface area (Å²) in [5.74, 6) is -1.48.